The van der Waals surface area contributed by atoms with Crippen LogP contribution in [0.3, 0.4) is 0 Å². The second kappa shape index (κ2) is 5.00. The van der Waals surface area contributed by atoms with Gasteiger partial charge in [-0.25, -0.2) is 4.39 Å². The lowest BCUT2D eigenvalue weighted by molar-refractivity contribution is 0.112. The van der Waals surface area contributed by atoms with Crippen molar-refractivity contribution in [3.63, 3.8) is 0 Å². The Morgan fingerprint density at radius 1 is 1.11 bits per heavy atom. The van der Waals surface area contributed by atoms with Crippen molar-refractivity contribution < 1.29 is 13.9 Å². The van der Waals surface area contributed by atoms with Gasteiger partial charge in [0.05, 0.1) is 0 Å². The summed E-state index contributed by atoms with van der Waals surface area (Å²) < 4.78 is 19.0. The van der Waals surface area contributed by atoms with Crippen molar-refractivity contribution in [2.45, 2.75) is 13.8 Å². The molecule has 0 spiro atoms. The van der Waals surface area contributed by atoms with E-state index in [-0.39, 0.29) is 5.75 Å². The third kappa shape index (κ3) is 2.56. The highest BCUT2D eigenvalue weighted by Gasteiger charge is 2.06. The molecule has 92 valence electrons. The van der Waals surface area contributed by atoms with Gasteiger partial charge in [0.25, 0.3) is 0 Å². The first kappa shape index (κ1) is 12.3. The second-order valence-electron chi connectivity index (χ2n) is 4.17. The molecule has 0 aliphatic carbocycles. The first-order valence-electron chi connectivity index (χ1n) is 5.60. The normalized spacial score (nSPS) is 10.2. The molecule has 2 aromatic carbocycles. The molecule has 0 unspecified atom stereocenters. The molecule has 0 radical (unpaired) electrons. The van der Waals surface area contributed by atoms with Gasteiger partial charge in [-0.05, 0) is 55.3 Å². The molecule has 3 heteroatoms. The maximum absolute atomic E-state index is 13.5. The van der Waals surface area contributed by atoms with E-state index in [9.17, 15) is 9.18 Å². The number of carbonyl (C=O) groups is 1. The van der Waals surface area contributed by atoms with Crippen LogP contribution in [0.5, 0.6) is 11.5 Å². The van der Waals surface area contributed by atoms with Crippen molar-refractivity contribution in [1.29, 1.82) is 0 Å². The molecule has 0 aromatic heterocycles. The predicted molar refractivity (Wildman–Crippen MR) is 67.8 cm³/mol. The van der Waals surface area contributed by atoms with Crippen LogP contribution in [-0.4, -0.2) is 6.29 Å². The Morgan fingerprint density at radius 3 is 2.56 bits per heavy atom. The number of aldehydes is 1. The van der Waals surface area contributed by atoms with Crippen LogP contribution in [0, 0.1) is 19.7 Å². The Bertz CT molecular complexity index is 591. The summed E-state index contributed by atoms with van der Waals surface area (Å²) in [6.07, 6.45) is 0.784. The van der Waals surface area contributed by atoms with Gasteiger partial charge in [0.1, 0.15) is 12.0 Å². The SMILES string of the molecule is Cc1ccc(F)c(Oc2ccc(C=O)c(C)c2)c1. The zero-order chi connectivity index (χ0) is 13.1. The minimum Gasteiger partial charge on any atom is -0.454 e. The van der Waals surface area contributed by atoms with Crippen LogP contribution >= 0.6 is 0 Å². The summed E-state index contributed by atoms with van der Waals surface area (Å²) in [5, 5.41) is 0. The monoisotopic (exact) mass is 244 g/mol. The Morgan fingerprint density at radius 2 is 1.89 bits per heavy atom. The number of hydrogen-bond donors (Lipinski definition) is 0. The summed E-state index contributed by atoms with van der Waals surface area (Å²) in [6.45, 7) is 3.68. The van der Waals surface area contributed by atoms with E-state index in [0.29, 0.717) is 11.3 Å². The highest BCUT2D eigenvalue weighted by molar-refractivity contribution is 5.77. The molecule has 0 aliphatic heterocycles. The van der Waals surface area contributed by atoms with E-state index in [1.165, 1.54) is 6.07 Å². The summed E-state index contributed by atoms with van der Waals surface area (Å²) in [6, 6.07) is 9.72. The van der Waals surface area contributed by atoms with Crippen LogP contribution in [0.4, 0.5) is 4.39 Å². The zero-order valence-electron chi connectivity index (χ0n) is 10.2. The van der Waals surface area contributed by atoms with Crippen molar-refractivity contribution in [2.24, 2.45) is 0 Å². The molecule has 2 nitrogen and oxygen atoms in total. The van der Waals surface area contributed by atoms with E-state index >= 15 is 0 Å². The molecule has 0 bridgehead atoms. The predicted octanol–water partition coefficient (Wildman–Crippen LogP) is 4.05. The molecule has 0 amide bonds. The lowest BCUT2D eigenvalue weighted by atomic mass is 10.1. The molecule has 0 atom stereocenters. The maximum Gasteiger partial charge on any atom is 0.165 e. The van der Waals surface area contributed by atoms with Crippen LogP contribution in [0.1, 0.15) is 21.5 Å². The quantitative estimate of drug-likeness (QED) is 0.761. The van der Waals surface area contributed by atoms with Crippen molar-refractivity contribution in [3.05, 3.63) is 58.9 Å². The van der Waals surface area contributed by atoms with Crippen molar-refractivity contribution in [1.82, 2.24) is 0 Å². The Balaban J connectivity index is 2.31. The highest BCUT2D eigenvalue weighted by atomic mass is 19.1. The Labute approximate surface area is 105 Å². The molecule has 0 heterocycles. The minimum absolute atomic E-state index is 0.188. The second-order valence-corrected chi connectivity index (χ2v) is 4.17. The van der Waals surface area contributed by atoms with Crippen LogP contribution < -0.4 is 4.74 Å². The Hall–Kier alpha value is -2.16. The summed E-state index contributed by atoms with van der Waals surface area (Å²) in [5.74, 6) is 0.300. The van der Waals surface area contributed by atoms with E-state index in [1.807, 2.05) is 13.8 Å². The smallest absolute Gasteiger partial charge is 0.165 e. The molecule has 0 fully saturated rings. The van der Waals surface area contributed by atoms with Gasteiger partial charge >= 0.3 is 0 Å². The molecular formula is C15H13FO2. The molecule has 2 aromatic rings. The van der Waals surface area contributed by atoms with Gasteiger partial charge in [-0.15, -0.1) is 0 Å². The van der Waals surface area contributed by atoms with Gasteiger partial charge in [-0.1, -0.05) is 6.07 Å². The van der Waals surface area contributed by atoms with Gasteiger partial charge in [0, 0.05) is 5.56 Å². The number of carbonyl (C=O) groups excluding carboxylic acids is 1. The number of ether oxygens (including phenoxy) is 1. The van der Waals surface area contributed by atoms with Crippen LogP contribution in [-0.2, 0) is 0 Å². The van der Waals surface area contributed by atoms with Crippen molar-refractivity contribution in [3.8, 4) is 11.5 Å². The fraction of sp³-hybridized carbons (Fsp3) is 0.133. The standard InChI is InChI=1S/C15H13FO2/c1-10-3-6-14(16)15(7-10)18-13-5-4-12(9-17)11(2)8-13/h3-9H,1-2H3. The third-order valence-electron chi connectivity index (χ3n) is 2.68. The molecule has 18 heavy (non-hydrogen) atoms. The first-order chi connectivity index (χ1) is 8.60. The summed E-state index contributed by atoms with van der Waals surface area (Å²) in [7, 11) is 0. The molecule has 0 aliphatic rings. The van der Waals surface area contributed by atoms with E-state index in [1.54, 1.807) is 30.3 Å². The number of hydrogen-bond acceptors (Lipinski definition) is 2. The van der Waals surface area contributed by atoms with Gasteiger partial charge in [0.15, 0.2) is 11.6 Å². The van der Waals surface area contributed by atoms with Gasteiger partial charge < -0.3 is 4.74 Å². The van der Waals surface area contributed by atoms with Crippen LogP contribution in [0.2, 0.25) is 0 Å². The van der Waals surface area contributed by atoms with E-state index in [2.05, 4.69) is 0 Å². The number of halogens is 1. The fourth-order valence-corrected chi connectivity index (χ4v) is 1.66. The van der Waals surface area contributed by atoms with Crippen LogP contribution in [0.15, 0.2) is 36.4 Å². The average molecular weight is 244 g/mol. The zero-order valence-corrected chi connectivity index (χ0v) is 10.2. The number of rotatable bonds is 3. The third-order valence-corrected chi connectivity index (χ3v) is 2.68. The fourth-order valence-electron chi connectivity index (χ4n) is 1.66. The lowest BCUT2D eigenvalue weighted by Crippen LogP contribution is -1.92. The molecule has 0 saturated heterocycles. The summed E-state index contributed by atoms with van der Waals surface area (Å²) in [4.78, 5) is 10.7. The van der Waals surface area contributed by atoms with Crippen molar-refractivity contribution >= 4 is 6.29 Å². The van der Waals surface area contributed by atoms with Crippen molar-refractivity contribution in [2.75, 3.05) is 0 Å². The van der Waals surface area contributed by atoms with Gasteiger partial charge in [-0.3, -0.25) is 4.79 Å². The van der Waals surface area contributed by atoms with E-state index < -0.39 is 5.82 Å². The highest BCUT2D eigenvalue weighted by Crippen LogP contribution is 2.26. The summed E-state index contributed by atoms with van der Waals surface area (Å²) in [5.41, 5.74) is 2.33. The minimum atomic E-state index is -0.405. The van der Waals surface area contributed by atoms with E-state index in [0.717, 1.165) is 17.4 Å². The molecule has 0 N–H and O–H groups in total. The van der Waals surface area contributed by atoms with Gasteiger partial charge in [0.2, 0.25) is 0 Å². The average Bonchev–Trinajstić information content (AvgIpc) is 2.34. The maximum atomic E-state index is 13.5. The summed E-state index contributed by atoms with van der Waals surface area (Å²) >= 11 is 0. The topological polar surface area (TPSA) is 26.3 Å². The Kier molecular flexibility index (Phi) is 3.42. The first-order valence-corrected chi connectivity index (χ1v) is 5.60. The van der Waals surface area contributed by atoms with Crippen LogP contribution in [0.25, 0.3) is 0 Å². The number of benzene rings is 2. The molecular weight excluding hydrogens is 231 g/mol. The molecule has 0 saturated carbocycles. The van der Waals surface area contributed by atoms with E-state index in [4.69, 9.17) is 4.74 Å². The molecule has 2 rings (SSSR count). The largest absolute Gasteiger partial charge is 0.454 e. The van der Waals surface area contributed by atoms with Gasteiger partial charge in [-0.2, -0.15) is 0 Å². The number of aryl methyl sites for hydroxylation is 2. The lowest BCUT2D eigenvalue weighted by Gasteiger charge is -2.09.